The van der Waals surface area contributed by atoms with Crippen molar-refractivity contribution in [2.75, 3.05) is 11.5 Å². The summed E-state index contributed by atoms with van der Waals surface area (Å²) >= 11 is 0. The fraction of sp³-hybridized carbons (Fsp3) is 0.111. The van der Waals surface area contributed by atoms with Crippen molar-refractivity contribution in [1.29, 1.82) is 0 Å². The highest BCUT2D eigenvalue weighted by Gasteiger charge is 2.17. The summed E-state index contributed by atoms with van der Waals surface area (Å²) in [6, 6.07) is 8.73. The smallest absolute Gasteiger partial charge is 0.265 e. The molecule has 2 heterocycles. The zero-order valence-corrected chi connectivity index (χ0v) is 15.4. The number of pyridine rings is 2. The number of nitrogen functional groups attached to an aromatic ring is 1. The molecule has 0 aliphatic carbocycles. The van der Waals surface area contributed by atoms with E-state index < -0.39 is 27.2 Å². The summed E-state index contributed by atoms with van der Waals surface area (Å²) in [5.74, 6) is -2.65. The summed E-state index contributed by atoms with van der Waals surface area (Å²) < 4.78 is 62.1. The average Bonchev–Trinajstić information content (AvgIpc) is 2.67. The number of sulfone groups is 1. The molecular formula is C18H15F2N3O4S. The molecule has 0 spiro atoms. The third-order valence-corrected chi connectivity index (χ3v) is 5.24. The van der Waals surface area contributed by atoms with Gasteiger partial charge in [-0.1, -0.05) is 13.0 Å². The van der Waals surface area contributed by atoms with Gasteiger partial charge < -0.3 is 15.2 Å². The summed E-state index contributed by atoms with van der Waals surface area (Å²) in [5, 5.41) is -0.0947. The fourth-order valence-electron chi connectivity index (χ4n) is 2.16. The van der Waals surface area contributed by atoms with Crippen molar-refractivity contribution in [3.8, 4) is 23.1 Å². The highest BCUT2D eigenvalue weighted by Crippen LogP contribution is 2.35. The molecule has 146 valence electrons. The molecule has 0 fully saturated rings. The molecule has 7 nitrogen and oxygen atoms in total. The van der Waals surface area contributed by atoms with Crippen molar-refractivity contribution in [1.82, 2.24) is 9.97 Å². The fourth-order valence-corrected chi connectivity index (χ4v) is 2.94. The third kappa shape index (κ3) is 4.17. The first-order chi connectivity index (χ1) is 13.3. The molecule has 0 atom stereocenters. The maximum Gasteiger partial charge on any atom is 0.265 e. The Hall–Kier alpha value is -3.27. The second-order valence-electron chi connectivity index (χ2n) is 5.53. The lowest BCUT2D eigenvalue weighted by atomic mass is 10.3. The number of aromatic nitrogens is 2. The lowest BCUT2D eigenvalue weighted by Crippen LogP contribution is -2.05. The van der Waals surface area contributed by atoms with E-state index in [4.69, 9.17) is 15.2 Å². The number of halogens is 2. The number of anilines is 1. The number of ether oxygens (including phenoxy) is 2. The van der Waals surface area contributed by atoms with Gasteiger partial charge in [-0.25, -0.2) is 22.2 Å². The van der Waals surface area contributed by atoms with Gasteiger partial charge in [0.2, 0.25) is 5.75 Å². The van der Waals surface area contributed by atoms with Crippen LogP contribution in [0, 0.1) is 11.6 Å². The minimum Gasteiger partial charge on any atom is -0.450 e. The molecule has 1 aromatic carbocycles. The molecule has 2 aromatic heterocycles. The molecule has 0 saturated heterocycles. The highest BCUT2D eigenvalue weighted by molar-refractivity contribution is 7.91. The minimum atomic E-state index is -3.46. The predicted octanol–water partition coefficient (Wildman–Crippen LogP) is 3.72. The van der Waals surface area contributed by atoms with E-state index in [0.717, 1.165) is 12.1 Å². The van der Waals surface area contributed by atoms with E-state index in [0.29, 0.717) is 0 Å². The van der Waals surface area contributed by atoms with Crippen LogP contribution in [0.25, 0.3) is 0 Å². The molecule has 0 saturated carbocycles. The van der Waals surface area contributed by atoms with Crippen LogP contribution in [0.15, 0.2) is 53.7 Å². The maximum absolute atomic E-state index is 13.9. The number of hydrogen-bond acceptors (Lipinski definition) is 7. The number of nitrogens with zero attached hydrogens (tertiary/aromatic N) is 2. The molecule has 2 N–H and O–H groups in total. The largest absolute Gasteiger partial charge is 0.450 e. The molecule has 28 heavy (non-hydrogen) atoms. The van der Waals surface area contributed by atoms with Crippen molar-refractivity contribution in [3.63, 3.8) is 0 Å². The number of benzene rings is 1. The number of nitrogens with two attached hydrogens (primary N) is 1. The maximum atomic E-state index is 13.9. The Kier molecular flexibility index (Phi) is 5.41. The first kappa shape index (κ1) is 19.5. The first-order valence-corrected chi connectivity index (χ1v) is 9.70. The van der Waals surface area contributed by atoms with E-state index in [1.54, 1.807) is 0 Å². The Bertz CT molecular complexity index is 1090. The SMILES string of the molecule is CCS(=O)(=O)c1ccc(Oc2ccc(N)nc2Oc2c(F)cccc2F)cn1. The monoisotopic (exact) mass is 407 g/mol. The van der Waals surface area contributed by atoms with Gasteiger partial charge in [-0.3, -0.25) is 0 Å². The topological polar surface area (TPSA) is 104 Å². The summed E-state index contributed by atoms with van der Waals surface area (Å²) in [6.07, 6.45) is 1.20. The van der Waals surface area contributed by atoms with Gasteiger partial charge in [-0.2, -0.15) is 4.98 Å². The van der Waals surface area contributed by atoms with E-state index in [1.165, 1.54) is 43.5 Å². The molecule has 0 aliphatic heterocycles. The van der Waals surface area contributed by atoms with Crippen molar-refractivity contribution >= 4 is 15.7 Å². The van der Waals surface area contributed by atoms with Crippen molar-refractivity contribution in [2.45, 2.75) is 11.9 Å². The van der Waals surface area contributed by atoms with E-state index >= 15 is 0 Å². The predicted molar refractivity (Wildman–Crippen MR) is 97.1 cm³/mol. The lowest BCUT2D eigenvalue weighted by Gasteiger charge is -2.12. The van der Waals surface area contributed by atoms with Crippen LogP contribution in [0.1, 0.15) is 6.92 Å². The van der Waals surface area contributed by atoms with Crippen molar-refractivity contribution < 1.29 is 26.7 Å². The first-order valence-electron chi connectivity index (χ1n) is 8.05. The van der Waals surface area contributed by atoms with E-state index in [2.05, 4.69) is 9.97 Å². The Labute approximate surface area is 159 Å². The Balaban J connectivity index is 1.91. The van der Waals surface area contributed by atoms with Gasteiger partial charge in [0, 0.05) is 0 Å². The van der Waals surface area contributed by atoms with Crippen LogP contribution in [0.2, 0.25) is 0 Å². The quantitative estimate of drug-likeness (QED) is 0.664. The Morgan fingerprint density at radius 2 is 1.75 bits per heavy atom. The third-order valence-electron chi connectivity index (χ3n) is 3.60. The van der Waals surface area contributed by atoms with Gasteiger partial charge in [-0.15, -0.1) is 0 Å². The zero-order valence-electron chi connectivity index (χ0n) is 14.6. The van der Waals surface area contributed by atoms with Gasteiger partial charge in [0.25, 0.3) is 5.88 Å². The van der Waals surface area contributed by atoms with E-state index in [-0.39, 0.29) is 34.0 Å². The molecule has 0 radical (unpaired) electrons. The normalized spacial score (nSPS) is 11.2. The van der Waals surface area contributed by atoms with Crippen LogP contribution in [0.4, 0.5) is 14.6 Å². The van der Waals surface area contributed by atoms with Crippen molar-refractivity contribution in [3.05, 3.63) is 60.3 Å². The molecule has 0 aliphatic rings. The van der Waals surface area contributed by atoms with Gasteiger partial charge in [0.05, 0.1) is 11.9 Å². The second-order valence-corrected chi connectivity index (χ2v) is 7.75. The molecule has 10 heteroatoms. The number of hydrogen-bond donors (Lipinski definition) is 1. The molecular weight excluding hydrogens is 392 g/mol. The van der Waals surface area contributed by atoms with Crippen LogP contribution < -0.4 is 15.2 Å². The van der Waals surface area contributed by atoms with Gasteiger partial charge in [0.1, 0.15) is 11.6 Å². The Morgan fingerprint density at radius 1 is 1.04 bits per heavy atom. The molecule has 0 bridgehead atoms. The summed E-state index contributed by atoms with van der Waals surface area (Å²) in [6.45, 7) is 1.51. The van der Waals surface area contributed by atoms with Crippen LogP contribution in [0.5, 0.6) is 23.1 Å². The van der Waals surface area contributed by atoms with Crippen LogP contribution in [-0.2, 0) is 9.84 Å². The lowest BCUT2D eigenvalue weighted by molar-refractivity contribution is 0.369. The van der Waals surface area contributed by atoms with Crippen molar-refractivity contribution in [2.24, 2.45) is 0 Å². The van der Waals surface area contributed by atoms with Gasteiger partial charge in [-0.05, 0) is 36.4 Å². The standard InChI is InChI=1S/C18H15F2N3O4S/c1-2-28(24,25)16-9-6-11(10-22-16)26-14-7-8-15(21)23-18(14)27-17-12(19)4-3-5-13(17)20/h3-10H,2H2,1H3,(H2,21,23). The molecule has 0 amide bonds. The van der Waals surface area contributed by atoms with E-state index in [1.807, 2.05) is 0 Å². The summed E-state index contributed by atoms with van der Waals surface area (Å²) in [5.41, 5.74) is 5.62. The van der Waals surface area contributed by atoms with Crippen LogP contribution in [-0.4, -0.2) is 24.1 Å². The van der Waals surface area contributed by atoms with Crippen LogP contribution in [0.3, 0.4) is 0 Å². The van der Waals surface area contributed by atoms with Gasteiger partial charge >= 0.3 is 0 Å². The zero-order chi connectivity index (χ0) is 20.3. The number of para-hydroxylation sites is 1. The molecule has 3 aromatic rings. The van der Waals surface area contributed by atoms with Gasteiger partial charge in [0.15, 0.2) is 32.2 Å². The second kappa shape index (κ2) is 7.77. The molecule has 3 rings (SSSR count). The Morgan fingerprint density at radius 3 is 2.36 bits per heavy atom. The van der Waals surface area contributed by atoms with Crippen LogP contribution >= 0.6 is 0 Å². The average molecular weight is 407 g/mol. The molecule has 0 unspecified atom stereocenters. The highest BCUT2D eigenvalue weighted by atomic mass is 32.2. The number of rotatable bonds is 6. The summed E-state index contributed by atoms with van der Waals surface area (Å²) in [4.78, 5) is 7.76. The minimum absolute atomic E-state index is 0.00440. The summed E-state index contributed by atoms with van der Waals surface area (Å²) in [7, 11) is -3.46. The van der Waals surface area contributed by atoms with E-state index in [9.17, 15) is 17.2 Å².